The largest absolute Gasteiger partial charge is 0.482 e. The number of hydrogen-bond acceptors (Lipinski definition) is 4. The molecule has 2 aromatic carbocycles. The van der Waals surface area contributed by atoms with E-state index < -0.39 is 5.91 Å². The number of aryl methyl sites for hydroxylation is 1. The second-order valence-corrected chi connectivity index (χ2v) is 6.90. The summed E-state index contributed by atoms with van der Waals surface area (Å²) in [6, 6.07) is 14.2. The Morgan fingerprint density at radius 2 is 1.96 bits per heavy atom. The Morgan fingerprint density at radius 1 is 1.21 bits per heavy atom. The number of hydrogen-bond donors (Lipinski definition) is 1. The first-order valence-electron chi connectivity index (χ1n) is 8.16. The van der Waals surface area contributed by atoms with Crippen LogP contribution in [-0.2, 0) is 4.79 Å². The van der Waals surface area contributed by atoms with Gasteiger partial charge in [0.25, 0.3) is 5.91 Å². The van der Waals surface area contributed by atoms with Gasteiger partial charge in [-0.1, -0.05) is 53.0 Å². The second-order valence-electron chi connectivity index (χ2n) is 5.69. The molecule has 0 atom stereocenters. The van der Waals surface area contributed by atoms with Gasteiger partial charge in [-0.3, -0.25) is 4.79 Å². The highest BCUT2D eigenvalue weighted by molar-refractivity contribution is 6.34. The summed E-state index contributed by atoms with van der Waals surface area (Å²) in [6.07, 6.45) is 1.44. The minimum atomic E-state index is -0.462. The van der Waals surface area contributed by atoms with Crippen LogP contribution < -0.4 is 10.2 Å². The summed E-state index contributed by atoms with van der Waals surface area (Å²) in [5.74, 6) is -0.146. The van der Waals surface area contributed by atoms with Crippen molar-refractivity contribution in [2.45, 2.75) is 6.92 Å². The third-order valence-corrected chi connectivity index (χ3v) is 4.59. The number of halogens is 3. The van der Waals surface area contributed by atoms with Crippen LogP contribution in [0.1, 0.15) is 11.3 Å². The summed E-state index contributed by atoms with van der Waals surface area (Å²) in [7, 11) is 0. The lowest BCUT2D eigenvalue weighted by atomic mass is 10.3. The molecule has 3 aromatic rings. The molecule has 0 saturated carbocycles. The molecule has 3 rings (SSSR count). The molecule has 0 aliphatic heterocycles. The van der Waals surface area contributed by atoms with Gasteiger partial charge in [-0.2, -0.15) is 10.2 Å². The zero-order valence-corrected chi connectivity index (χ0v) is 17.0. The molecule has 28 heavy (non-hydrogen) atoms. The van der Waals surface area contributed by atoms with Gasteiger partial charge in [-0.25, -0.2) is 10.1 Å². The lowest BCUT2D eigenvalue weighted by Crippen LogP contribution is -2.24. The van der Waals surface area contributed by atoms with Crippen molar-refractivity contribution in [2.24, 2.45) is 5.10 Å². The summed E-state index contributed by atoms with van der Waals surface area (Å²) in [5, 5.41) is 9.53. The van der Waals surface area contributed by atoms with Crippen molar-refractivity contribution in [3.8, 4) is 11.4 Å². The van der Waals surface area contributed by atoms with E-state index in [-0.39, 0.29) is 6.61 Å². The first kappa shape index (κ1) is 20.2. The van der Waals surface area contributed by atoms with Gasteiger partial charge >= 0.3 is 0 Å². The van der Waals surface area contributed by atoms with E-state index in [1.807, 2.05) is 30.3 Å². The standard InChI is InChI=1S/C19H15Cl3N4O2/c1-12-15(19(22)26(25-12)14-5-3-2-4-6-14)10-23-24-18(27)11-28-17-9-13(20)7-8-16(17)21/h2-10H,11H2,1H3,(H,24,27). The van der Waals surface area contributed by atoms with E-state index in [4.69, 9.17) is 39.5 Å². The van der Waals surface area contributed by atoms with Gasteiger partial charge in [0.2, 0.25) is 0 Å². The maximum atomic E-state index is 11.9. The van der Waals surface area contributed by atoms with Crippen molar-refractivity contribution in [1.29, 1.82) is 0 Å². The van der Waals surface area contributed by atoms with Crippen molar-refractivity contribution in [2.75, 3.05) is 6.61 Å². The van der Waals surface area contributed by atoms with Crippen molar-refractivity contribution in [3.63, 3.8) is 0 Å². The van der Waals surface area contributed by atoms with E-state index in [0.717, 1.165) is 5.69 Å². The molecule has 0 saturated heterocycles. The number of rotatable bonds is 6. The van der Waals surface area contributed by atoms with E-state index in [0.29, 0.717) is 32.2 Å². The molecule has 0 radical (unpaired) electrons. The third kappa shape index (κ3) is 4.84. The SMILES string of the molecule is Cc1nn(-c2ccccc2)c(Cl)c1C=NNC(=O)COc1cc(Cl)ccc1Cl. The number of para-hydroxylation sites is 1. The smallest absolute Gasteiger partial charge is 0.277 e. The summed E-state index contributed by atoms with van der Waals surface area (Å²) in [5.41, 5.74) is 4.47. The predicted molar refractivity (Wildman–Crippen MR) is 111 cm³/mol. The molecule has 1 N–H and O–H groups in total. The van der Waals surface area contributed by atoms with Gasteiger partial charge in [0, 0.05) is 11.1 Å². The van der Waals surface area contributed by atoms with Gasteiger partial charge < -0.3 is 4.74 Å². The van der Waals surface area contributed by atoms with Crippen molar-refractivity contribution >= 4 is 46.9 Å². The van der Waals surface area contributed by atoms with Crippen LogP contribution in [0.5, 0.6) is 5.75 Å². The van der Waals surface area contributed by atoms with Crippen LogP contribution in [0.3, 0.4) is 0 Å². The summed E-state index contributed by atoms with van der Waals surface area (Å²) < 4.78 is 6.95. The van der Waals surface area contributed by atoms with E-state index in [1.54, 1.807) is 23.7 Å². The van der Waals surface area contributed by atoms with Gasteiger partial charge in [-0.15, -0.1) is 0 Å². The first-order valence-corrected chi connectivity index (χ1v) is 9.29. The van der Waals surface area contributed by atoms with Gasteiger partial charge in [0.1, 0.15) is 10.9 Å². The highest BCUT2D eigenvalue weighted by atomic mass is 35.5. The zero-order chi connectivity index (χ0) is 20.1. The molecule has 144 valence electrons. The molecule has 6 nitrogen and oxygen atoms in total. The van der Waals surface area contributed by atoms with Gasteiger partial charge in [0.15, 0.2) is 6.61 Å². The highest BCUT2D eigenvalue weighted by Gasteiger charge is 2.13. The quantitative estimate of drug-likeness (QED) is 0.450. The topological polar surface area (TPSA) is 68.5 Å². The highest BCUT2D eigenvalue weighted by Crippen LogP contribution is 2.27. The number of carbonyl (C=O) groups is 1. The maximum Gasteiger partial charge on any atom is 0.277 e. The zero-order valence-electron chi connectivity index (χ0n) is 14.7. The second kappa shape index (κ2) is 9.10. The summed E-state index contributed by atoms with van der Waals surface area (Å²) >= 11 is 18.3. The van der Waals surface area contributed by atoms with Crippen LogP contribution in [-0.4, -0.2) is 28.5 Å². The van der Waals surface area contributed by atoms with E-state index >= 15 is 0 Å². The lowest BCUT2D eigenvalue weighted by Gasteiger charge is -2.07. The monoisotopic (exact) mass is 436 g/mol. The molecule has 1 heterocycles. The predicted octanol–water partition coefficient (Wildman–Crippen LogP) is 4.67. The molecule has 0 aliphatic rings. The van der Waals surface area contributed by atoms with E-state index in [1.165, 1.54) is 12.3 Å². The Bertz CT molecular complexity index is 1020. The Balaban J connectivity index is 1.62. The number of nitrogens with zero attached hydrogens (tertiary/aromatic N) is 3. The fourth-order valence-corrected chi connectivity index (χ4v) is 2.99. The Labute approximate surface area is 176 Å². The Hall–Kier alpha value is -2.54. The number of ether oxygens (including phenoxy) is 1. The van der Waals surface area contributed by atoms with Crippen LogP contribution in [0.15, 0.2) is 53.6 Å². The number of nitrogens with one attached hydrogen (secondary N) is 1. The molecule has 1 aromatic heterocycles. The summed E-state index contributed by atoms with van der Waals surface area (Å²) in [4.78, 5) is 11.9. The molecular formula is C19H15Cl3N4O2. The van der Waals surface area contributed by atoms with Gasteiger partial charge in [0.05, 0.1) is 28.2 Å². The average molecular weight is 438 g/mol. The minimum absolute atomic E-state index is 0.270. The Morgan fingerprint density at radius 3 is 2.71 bits per heavy atom. The number of benzene rings is 2. The normalized spacial score (nSPS) is 11.0. The minimum Gasteiger partial charge on any atom is -0.482 e. The van der Waals surface area contributed by atoms with Crippen LogP contribution in [0.2, 0.25) is 15.2 Å². The molecule has 0 spiro atoms. The molecule has 0 fully saturated rings. The number of amides is 1. The molecule has 9 heteroatoms. The van der Waals surface area contributed by atoms with Crippen molar-refractivity contribution in [3.05, 3.63) is 75.0 Å². The molecule has 0 unspecified atom stereocenters. The molecule has 0 aliphatic carbocycles. The molecular weight excluding hydrogens is 423 g/mol. The fraction of sp³-hybridized carbons (Fsp3) is 0.105. The van der Waals surface area contributed by atoms with Crippen LogP contribution >= 0.6 is 34.8 Å². The number of hydrazone groups is 1. The molecule has 0 bridgehead atoms. The Kier molecular flexibility index (Phi) is 6.57. The summed E-state index contributed by atoms with van der Waals surface area (Å²) in [6.45, 7) is 1.53. The van der Waals surface area contributed by atoms with Crippen molar-refractivity contribution < 1.29 is 9.53 Å². The third-order valence-electron chi connectivity index (χ3n) is 3.68. The first-order chi connectivity index (χ1) is 13.5. The maximum absolute atomic E-state index is 11.9. The van der Waals surface area contributed by atoms with E-state index in [2.05, 4.69) is 15.6 Å². The van der Waals surface area contributed by atoms with E-state index in [9.17, 15) is 4.79 Å². The van der Waals surface area contributed by atoms with Crippen molar-refractivity contribution in [1.82, 2.24) is 15.2 Å². The van der Waals surface area contributed by atoms with Crippen LogP contribution in [0, 0.1) is 6.92 Å². The van der Waals surface area contributed by atoms with Gasteiger partial charge in [-0.05, 0) is 31.2 Å². The van der Waals surface area contributed by atoms with Crippen LogP contribution in [0.25, 0.3) is 5.69 Å². The van der Waals surface area contributed by atoms with Crippen LogP contribution in [0.4, 0.5) is 0 Å². The average Bonchev–Trinajstić information content (AvgIpc) is 2.97. The number of carbonyl (C=O) groups excluding carboxylic acids is 1. The lowest BCUT2D eigenvalue weighted by molar-refractivity contribution is -0.123. The molecule has 1 amide bonds. The fourth-order valence-electron chi connectivity index (χ4n) is 2.33. The number of aromatic nitrogens is 2.